The summed E-state index contributed by atoms with van der Waals surface area (Å²) in [6, 6.07) is 8.27. The molecular formula is C19H27N3O. The number of nitrogens with one attached hydrogen (secondary N) is 1. The lowest BCUT2D eigenvalue weighted by molar-refractivity contribution is 0.329. The summed E-state index contributed by atoms with van der Waals surface area (Å²) in [5.41, 5.74) is 3.61. The Hall–Kier alpha value is -2.10. The second kappa shape index (κ2) is 9.13. The molecule has 0 unspecified atom stereocenters. The Labute approximate surface area is 139 Å². The van der Waals surface area contributed by atoms with Gasteiger partial charge in [0, 0.05) is 11.3 Å². The molecule has 124 valence electrons. The van der Waals surface area contributed by atoms with Gasteiger partial charge in [-0.1, -0.05) is 45.4 Å². The van der Waals surface area contributed by atoms with Crippen LogP contribution in [0.2, 0.25) is 0 Å². The SMILES string of the molecule is CCCc1ccccc1OCCNc1ncnc(CC)c1CC. The average molecular weight is 313 g/mol. The molecule has 0 saturated carbocycles. The molecule has 1 aromatic heterocycles. The van der Waals surface area contributed by atoms with Crippen LogP contribution in [-0.4, -0.2) is 23.1 Å². The zero-order valence-electron chi connectivity index (χ0n) is 14.4. The predicted molar refractivity (Wildman–Crippen MR) is 95.2 cm³/mol. The topological polar surface area (TPSA) is 47.0 Å². The van der Waals surface area contributed by atoms with Gasteiger partial charge in [-0.3, -0.25) is 0 Å². The van der Waals surface area contributed by atoms with Crippen LogP contribution < -0.4 is 10.1 Å². The van der Waals surface area contributed by atoms with Crippen LogP contribution in [0.25, 0.3) is 0 Å². The summed E-state index contributed by atoms with van der Waals surface area (Å²) < 4.78 is 5.94. The summed E-state index contributed by atoms with van der Waals surface area (Å²) in [5, 5.41) is 3.38. The fraction of sp³-hybridized carbons (Fsp3) is 0.474. The van der Waals surface area contributed by atoms with Crippen LogP contribution in [0.1, 0.15) is 44.0 Å². The maximum Gasteiger partial charge on any atom is 0.132 e. The first kappa shape index (κ1) is 17.3. The maximum atomic E-state index is 5.94. The summed E-state index contributed by atoms with van der Waals surface area (Å²) in [5.74, 6) is 1.92. The van der Waals surface area contributed by atoms with Gasteiger partial charge in [0.05, 0.1) is 6.54 Å². The summed E-state index contributed by atoms with van der Waals surface area (Å²) >= 11 is 0. The Morgan fingerprint density at radius 2 is 1.87 bits per heavy atom. The lowest BCUT2D eigenvalue weighted by Gasteiger charge is -2.14. The molecule has 0 aliphatic heterocycles. The van der Waals surface area contributed by atoms with Crippen molar-refractivity contribution in [3.8, 4) is 5.75 Å². The van der Waals surface area contributed by atoms with Gasteiger partial charge < -0.3 is 10.1 Å². The number of nitrogens with zero attached hydrogens (tertiary/aromatic N) is 2. The lowest BCUT2D eigenvalue weighted by Crippen LogP contribution is -2.15. The fourth-order valence-electron chi connectivity index (χ4n) is 2.73. The van der Waals surface area contributed by atoms with Crippen molar-refractivity contribution in [3.05, 3.63) is 47.4 Å². The molecule has 0 amide bonds. The van der Waals surface area contributed by atoms with Crippen molar-refractivity contribution in [1.29, 1.82) is 0 Å². The van der Waals surface area contributed by atoms with Gasteiger partial charge in [-0.25, -0.2) is 9.97 Å². The molecule has 1 aromatic carbocycles. The first-order chi connectivity index (χ1) is 11.3. The monoisotopic (exact) mass is 313 g/mol. The van der Waals surface area contributed by atoms with E-state index >= 15 is 0 Å². The number of anilines is 1. The van der Waals surface area contributed by atoms with Crippen LogP contribution in [-0.2, 0) is 19.3 Å². The Morgan fingerprint density at radius 1 is 1.04 bits per heavy atom. The van der Waals surface area contributed by atoms with Crippen LogP contribution in [0.15, 0.2) is 30.6 Å². The highest BCUT2D eigenvalue weighted by molar-refractivity contribution is 5.46. The molecule has 0 radical (unpaired) electrons. The molecular weight excluding hydrogens is 286 g/mol. The zero-order valence-corrected chi connectivity index (χ0v) is 14.4. The Kier molecular flexibility index (Phi) is 6.85. The van der Waals surface area contributed by atoms with E-state index in [2.05, 4.69) is 48.2 Å². The molecule has 1 N–H and O–H groups in total. The van der Waals surface area contributed by atoms with Crippen LogP contribution >= 0.6 is 0 Å². The van der Waals surface area contributed by atoms with E-state index in [1.165, 1.54) is 11.1 Å². The van der Waals surface area contributed by atoms with E-state index in [9.17, 15) is 0 Å². The Bertz CT molecular complexity index is 613. The van der Waals surface area contributed by atoms with E-state index < -0.39 is 0 Å². The summed E-state index contributed by atoms with van der Waals surface area (Å²) in [4.78, 5) is 8.73. The minimum atomic E-state index is 0.620. The van der Waals surface area contributed by atoms with Crippen LogP contribution in [0.5, 0.6) is 5.75 Å². The molecule has 0 aliphatic carbocycles. The largest absolute Gasteiger partial charge is 0.491 e. The minimum Gasteiger partial charge on any atom is -0.491 e. The zero-order chi connectivity index (χ0) is 16.5. The van der Waals surface area contributed by atoms with Gasteiger partial charge in [-0.2, -0.15) is 0 Å². The van der Waals surface area contributed by atoms with Crippen molar-refractivity contribution in [2.75, 3.05) is 18.5 Å². The van der Waals surface area contributed by atoms with Crippen molar-refractivity contribution >= 4 is 5.82 Å². The second-order valence-electron chi connectivity index (χ2n) is 5.49. The van der Waals surface area contributed by atoms with Crippen molar-refractivity contribution in [3.63, 3.8) is 0 Å². The highest BCUT2D eigenvalue weighted by Crippen LogP contribution is 2.20. The number of aryl methyl sites for hydroxylation is 2. The summed E-state index contributed by atoms with van der Waals surface area (Å²) in [6.07, 6.45) is 5.68. The van der Waals surface area contributed by atoms with Gasteiger partial charge in [-0.05, 0) is 30.9 Å². The molecule has 4 heteroatoms. The Morgan fingerprint density at radius 3 is 2.61 bits per heavy atom. The molecule has 0 fully saturated rings. The number of aromatic nitrogens is 2. The number of hydrogen-bond donors (Lipinski definition) is 1. The number of rotatable bonds is 9. The number of hydrogen-bond acceptors (Lipinski definition) is 4. The molecule has 4 nitrogen and oxygen atoms in total. The Balaban J connectivity index is 1.91. The molecule has 0 bridgehead atoms. The van der Waals surface area contributed by atoms with Gasteiger partial charge in [0.25, 0.3) is 0 Å². The highest BCUT2D eigenvalue weighted by atomic mass is 16.5. The first-order valence-electron chi connectivity index (χ1n) is 8.57. The van der Waals surface area contributed by atoms with E-state index in [1.54, 1.807) is 6.33 Å². The molecule has 0 saturated heterocycles. The maximum absolute atomic E-state index is 5.94. The lowest BCUT2D eigenvalue weighted by atomic mass is 10.1. The molecule has 1 heterocycles. The molecule has 0 spiro atoms. The molecule has 2 aromatic rings. The van der Waals surface area contributed by atoms with Crippen LogP contribution in [0.4, 0.5) is 5.82 Å². The van der Waals surface area contributed by atoms with E-state index in [-0.39, 0.29) is 0 Å². The number of para-hydroxylation sites is 1. The van der Waals surface area contributed by atoms with Crippen molar-refractivity contribution in [2.45, 2.75) is 46.5 Å². The molecule has 0 aliphatic rings. The number of benzene rings is 1. The highest BCUT2D eigenvalue weighted by Gasteiger charge is 2.08. The predicted octanol–water partition coefficient (Wildman–Crippen LogP) is 4.04. The van der Waals surface area contributed by atoms with Crippen LogP contribution in [0.3, 0.4) is 0 Å². The quantitative estimate of drug-likeness (QED) is 0.710. The summed E-state index contributed by atoms with van der Waals surface area (Å²) in [7, 11) is 0. The first-order valence-corrected chi connectivity index (χ1v) is 8.57. The van der Waals surface area contributed by atoms with E-state index in [1.807, 2.05) is 12.1 Å². The van der Waals surface area contributed by atoms with Crippen molar-refractivity contribution in [1.82, 2.24) is 9.97 Å². The molecule has 0 atom stereocenters. The normalized spacial score (nSPS) is 10.6. The van der Waals surface area contributed by atoms with Gasteiger partial charge in [0.2, 0.25) is 0 Å². The molecule has 23 heavy (non-hydrogen) atoms. The van der Waals surface area contributed by atoms with Gasteiger partial charge in [0.15, 0.2) is 0 Å². The van der Waals surface area contributed by atoms with E-state index in [4.69, 9.17) is 4.74 Å². The smallest absolute Gasteiger partial charge is 0.132 e. The summed E-state index contributed by atoms with van der Waals surface area (Å²) in [6.45, 7) is 7.80. The third-order valence-corrected chi connectivity index (χ3v) is 3.87. The second-order valence-corrected chi connectivity index (χ2v) is 5.49. The van der Waals surface area contributed by atoms with Crippen molar-refractivity contribution < 1.29 is 4.74 Å². The van der Waals surface area contributed by atoms with Gasteiger partial charge in [-0.15, -0.1) is 0 Å². The van der Waals surface area contributed by atoms with Crippen LogP contribution in [0, 0.1) is 0 Å². The number of ether oxygens (including phenoxy) is 1. The minimum absolute atomic E-state index is 0.620. The third kappa shape index (κ3) is 4.68. The fourth-order valence-corrected chi connectivity index (χ4v) is 2.73. The van der Waals surface area contributed by atoms with E-state index in [0.717, 1.165) is 49.5 Å². The third-order valence-electron chi connectivity index (χ3n) is 3.87. The van der Waals surface area contributed by atoms with Gasteiger partial charge >= 0.3 is 0 Å². The molecule has 2 rings (SSSR count). The standard InChI is InChI=1S/C19H27N3O/c1-4-9-15-10-7-8-11-18(15)23-13-12-20-19-16(5-2)17(6-3)21-14-22-19/h7-8,10-11,14H,4-6,9,12-13H2,1-3H3,(H,20,21,22). The van der Waals surface area contributed by atoms with Crippen molar-refractivity contribution in [2.24, 2.45) is 0 Å². The average Bonchev–Trinajstić information content (AvgIpc) is 2.59. The van der Waals surface area contributed by atoms with Gasteiger partial charge in [0.1, 0.15) is 24.5 Å². The van der Waals surface area contributed by atoms with E-state index in [0.29, 0.717) is 6.61 Å².